The minimum Gasteiger partial charge on any atom is -0.507 e. The molecule has 3 aromatic carbocycles. The third-order valence-corrected chi connectivity index (χ3v) is 7.03. The first kappa shape index (κ1) is 27.1. The molecule has 1 atom stereocenters. The molecule has 1 fully saturated rings. The van der Waals surface area contributed by atoms with Gasteiger partial charge in [0.05, 0.1) is 11.6 Å². The first-order valence-electron chi connectivity index (χ1n) is 13.1. The first-order chi connectivity index (χ1) is 18.3. The highest BCUT2D eigenvalue weighted by molar-refractivity contribution is 6.46. The van der Waals surface area contributed by atoms with Gasteiger partial charge < -0.3 is 19.6 Å². The summed E-state index contributed by atoms with van der Waals surface area (Å²) in [5.74, 6) is -0.751. The smallest absolute Gasteiger partial charge is 0.295 e. The van der Waals surface area contributed by atoms with Gasteiger partial charge in [-0.3, -0.25) is 9.59 Å². The van der Waals surface area contributed by atoms with Gasteiger partial charge in [-0.05, 0) is 86.9 Å². The monoisotopic (exact) mass is 512 g/mol. The molecule has 38 heavy (non-hydrogen) atoms. The number of likely N-dealkylation sites (tertiary alicyclic amines) is 1. The number of Topliss-reactive ketones (excluding diaryl/α,β-unsaturated/α-hetero) is 1. The first-order valence-corrected chi connectivity index (χ1v) is 13.1. The average Bonchev–Trinajstić information content (AvgIpc) is 3.17. The number of amides is 1. The van der Waals surface area contributed by atoms with Crippen molar-refractivity contribution in [3.63, 3.8) is 0 Å². The molecule has 0 aromatic heterocycles. The van der Waals surface area contributed by atoms with Gasteiger partial charge in [0.25, 0.3) is 11.7 Å². The van der Waals surface area contributed by atoms with Crippen LogP contribution in [0.3, 0.4) is 0 Å². The second kappa shape index (κ2) is 12.1. The van der Waals surface area contributed by atoms with Crippen molar-refractivity contribution in [1.29, 1.82) is 0 Å². The van der Waals surface area contributed by atoms with Crippen molar-refractivity contribution in [2.75, 3.05) is 27.2 Å². The molecule has 0 radical (unpaired) electrons. The van der Waals surface area contributed by atoms with Crippen molar-refractivity contribution >= 4 is 17.4 Å². The number of aliphatic hydroxyl groups is 1. The molecule has 1 heterocycles. The fourth-order valence-electron chi connectivity index (χ4n) is 4.75. The molecule has 6 heteroatoms. The van der Waals surface area contributed by atoms with Gasteiger partial charge in [0.1, 0.15) is 18.1 Å². The van der Waals surface area contributed by atoms with E-state index in [0.29, 0.717) is 24.5 Å². The van der Waals surface area contributed by atoms with E-state index < -0.39 is 17.7 Å². The van der Waals surface area contributed by atoms with Crippen LogP contribution < -0.4 is 4.74 Å². The van der Waals surface area contributed by atoms with Crippen LogP contribution in [-0.2, 0) is 22.6 Å². The molecular formula is C32H36N2O4. The molecular weight excluding hydrogens is 476 g/mol. The van der Waals surface area contributed by atoms with Crippen LogP contribution in [0.15, 0.2) is 78.4 Å². The Morgan fingerprint density at radius 3 is 2.29 bits per heavy atom. The summed E-state index contributed by atoms with van der Waals surface area (Å²) in [5, 5.41) is 11.3. The van der Waals surface area contributed by atoms with Crippen LogP contribution in [0.25, 0.3) is 5.76 Å². The molecule has 4 rings (SSSR count). The summed E-state index contributed by atoms with van der Waals surface area (Å²) in [6.45, 7) is 5.77. The summed E-state index contributed by atoms with van der Waals surface area (Å²) in [6.07, 6.45) is 1.61. The Morgan fingerprint density at radius 1 is 0.974 bits per heavy atom. The second-order valence-electron chi connectivity index (χ2n) is 9.98. The maximum atomic E-state index is 13.2. The van der Waals surface area contributed by atoms with E-state index in [9.17, 15) is 14.7 Å². The number of aliphatic hydroxyl groups excluding tert-OH is 1. The summed E-state index contributed by atoms with van der Waals surface area (Å²) in [4.78, 5) is 30.0. The molecule has 1 aliphatic heterocycles. The molecule has 0 aliphatic carbocycles. The molecule has 0 bridgehead atoms. The number of rotatable bonds is 10. The van der Waals surface area contributed by atoms with Gasteiger partial charge in [0, 0.05) is 12.1 Å². The van der Waals surface area contributed by atoms with Gasteiger partial charge >= 0.3 is 0 Å². The van der Waals surface area contributed by atoms with Crippen molar-refractivity contribution in [2.24, 2.45) is 0 Å². The van der Waals surface area contributed by atoms with Crippen LogP contribution in [0.1, 0.15) is 47.2 Å². The predicted octanol–water partition coefficient (Wildman–Crippen LogP) is 5.51. The number of hydrogen-bond acceptors (Lipinski definition) is 5. The van der Waals surface area contributed by atoms with E-state index in [1.54, 1.807) is 29.2 Å². The normalized spacial score (nSPS) is 16.9. The number of benzene rings is 3. The molecule has 1 amide bonds. The molecule has 0 spiro atoms. The Balaban J connectivity index is 1.63. The van der Waals surface area contributed by atoms with Crippen LogP contribution in [0.2, 0.25) is 0 Å². The number of ether oxygens (including phenoxy) is 1. The van der Waals surface area contributed by atoms with Crippen LogP contribution in [0.4, 0.5) is 0 Å². The lowest BCUT2D eigenvalue weighted by Crippen LogP contribution is -2.32. The zero-order valence-corrected chi connectivity index (χ0v) is 22.6. The summed E-state index contributed by atoms with van der Waals surface area (Å²) in [5.41, 5.74) is 4.82. The number of hydrogen-bond donors (Lipinski definition) is 1. The molecule has 1 saturated heterocycles. The molecule has 1 N–H and O–H groups in total. The van der Waals surface area contributed by atoms with E-state index in [1.165, 1.54) is 5.56 Å². The van der Waals surface area contributed by atoms with Crippen molar-refractivity contribution in [2.45, 2.75) is 39.3 Å². The minimum absolute atomic E-state index is 0.123. The topological polar surface area (TPSA) is 70.1 Å². The lowest BCUT2D eigenvalue weighted by Gasteiger charge is -2.26. The molecule has 198 valence electrons. The molecule has 3 aromatic rings. The number of carbonyl (C=O) groups is 2. The summed E-state index contributed by atoms with van der Waals surface area (Å²) in [7, 11) is 3.95. The van der Waals surface area contributed by atoms with E-state index in [0.717, 1.165) is 36.1 Å². The fourth-order valence-corrected chi connectivity index (χ4v) is 4.75. The molecule has 0 saturated carbocycles. The Labute approximate surface area is 225 Å². The lowest BCUT2D eigenvalue weighted by molar-refractivity contribution is -0.139. The number of carbonyl (C=O) groups excluding carboxylic acids is 2. The van der Waals surface area contributed by atoms with E-state index >= 15 is 0 Å². The highest BCUT2D eigenvalue weighted by Gasteiger charge is 2.45. The Bertz CT molecular complexity index is 1310. The van der Waals surface area contributed by atoms with Crippen LogP contribution in [0.5, 0.6) is 5.75 Å². The SMILES string of the molecule is CCc1ccc(C2/C(=C(\O)c3ccc(OCc4ccccc4C)cc3)C(=O)C(=O)N2CCCN(C)C)cc1. The minimum atomic E-state index is -0.656. The van der Waals surface area contributed by atoms with Crippen LogP contribution in [-0.4, -0.2) is 53.8 Å². The van der Waals surface area contributed by atoms with Crippen molar-refractivity contribution < 1.29 is 19.4 Å². The third kappa shape index (κ3) is 5.97. The van der Waals surface area contributed by atoms with Crippen molar-refractivity contribution in [1.82, 2.24) is 9.80 Å². The molecule has 1 aliphatic rings. The van der Waals surface area contributed by atoms with E-state index in [4.69, 9.17) is 4.74 Å². The summed E-state index contributed by atoms with van der Waals surface area (Å²) < 4.78 is 5.93. The largest absolute Gasteiger partial charge is 0.507 e. The zero-order chi connectivity index (χ0) is 27.2. The molecule has 6 nitrogen and oxygen atoms in total. The quantitative estimate of drug-likeness (QED) is 0.220. The van der Waals surface area contributed by atoms with E-state index in [-0.39, 0.29) is 11.3 Å². The number of nitrogens with zero attached hydrogens (tertiary/aromatic N) is 2. The number of aryl methyl sites for hydroxylation is 2. The Kier molecular flexibility index (Phi) is 8.64. The second-order valence-corrected chi connectivity index (χ2v) is 9.98. The van der Waals surface area contributed by atoms with Gasteiger partial charge in [-0.2, -0.15) is 0 Å². The maximum Gasteiger partial charge on any atom is 0.295 e. The Hall–Kier alpha value is -3.90. The van der Waals surface area contributed by atoms with Gasteiger partial charge in [0.2, 0.25) is 0 Å². The van der Waals surface area contributed by atoms with Crippen molar-refractivity contribution in [3.8, 4) is 5.75 Å². The van der Waals surface area contributed by atoms with Crippen molar-refractivity contribution in [3.05, 3.63) is 106 Å². The predicted molar refractivity (Wildman–Crippen MR) is 150 cm³/mol. The fraction of sp³-hybridized carbons (Fsp3) is 0.312. The van der Waals surface area contributed by atoms with Crippen LogP contribution in [0, 0.1) is 6.92 Å². The van der Waals surface area contributed by atoms with Gasteiger partial charge in [-0.15, -0.1) is 0 Å². The highest BCUT2D eigenvalue weighted by atomic mass is 16.5. The van der Waals surface area contributed by atoms with Gasteiger partial charge in [0.15, 0.2) is 0 Å². The van der Waals surface area contributed by atoms with E-state index in [1.807, 2.05) is 74.4 Å². The maximum absolute atomic E-state index is 13.2. The standard InChI is InChI=1S/C32H36N2O4/c1-5-23-11-13-24(14-12-23)29-28(31(36)32(37)34(29)20-8-19-33(3)4)30(35)25-15-17-27(18-16-25)38-21-26-10-7-6-9-22(26)2/h6-7,9-18,29,35H,5,8,19-21H2,1-4H3/b30-28+. The van der Waals surface area contributed by atoms with E-state index in [2.05, 4.69) is 6.92 Å². The van der Waals surface area contributed by atoms with Crippen LogP contribution >= 0.6 is 0 Å². The summed E-state index contributed by atoms with van der Waals surface area (Å²) >= 11 is 0. The zero-order valence-electron chi connectivity index (χ0n) is 22.6. The Morgan fingerprint density at radius 2 is 1.66 bits per heavy atom. The van der Waals surface area contributed by atoms with Gasteiger partial charge in [-0.1, -0.05) is 55.5 Å². The highest BCUT2D eigenvalue weighted by Crippen LogP contribution is 2.39. The lowest BCUT2D eigenvalue weighted by atomic mass is 9.94. The third-order valence-electron chi connectivity index (χ3n) is 7.03. The number of ketones is 1. The molecule has 1 unspecified atom stereocenters. The average molecular weight is 513 g/mol. The summed E-state index contributed by atoms with van der Waals surface area (Å²) in [6, 6.07) is 22.3. The van der Waals surface area contributed by atoms with Gasteiger partial charge in [-0.25, -0.2) is 0 Å².